The van der Waals surface area contributed by atoms with Crippen molar-refractivity contribution in [1.29, 1.82) is 0 Å². The number of nitrogens with one attached hydrogen (secondary N) is 1. The van der Waals surface area contributed by atoms with Crippen LogP contribution in [0.1, 0.15) is 5.56 Å². The Kier molecular flexibility index (Phi) is 5.91. The number of nitrogens with two attached hydrogens (primary N) is 1. The number of carbonyl (C=O) groups excluding carboxylic acids is 2. The van der Waals surface area contributed by atoms with E-state index in [1.54, 1.807) is 72.8 Å². The van der Waals surface area contributed by atoms with Gasteiger partial charge in [-0.3, -0.25) is 14.5 Å². The Balaban J connectivity index is 1.72. The number of nitrogen functional groups attached to an aromatic ring is 1. The molecule has 0 atom stereocenters. The van der Waals surface area contributed by atoms with Gasteiger partial charge in [0.15, 0.2) is 0 Å². The molecule has 3 aromatic rings. The number of rotatable bonds is 5. The molecule has 0 saturated carbocycles. The summed E-state index contributed by atoms with van der Waals surface area (Å²) in [4.78, 5) is 26.7. The van der Waals surface area contributed by atoms with Crippen LogP contribution in [0.5, 0.6) is 5.75 Å². The van der Waals surface area contributed by atoms with Gasteiger partial charge in [-0.05, 0) is 60.5 Å². The minimum Gasteiger partial charge on any atom is -0.508 e. The van der Waals surface area contributed by atoms with Gasteiger partial charge in [-0.25, -0.2) is 0 Å². The van der Waals surface area contributed by atoms with Crippen LogP contribution in [0.3, 0.4) is 0 Å². The number of nitrogens with zero attached hydrogens (tertiary/aromatic N) is 1. The summed E-state index contributed by atoms with van der Waals surface area (Å²) in [5.41, 5.74) is 8.40. The first-order valence-corrected chi connectivity index (χ1v) is 8.85. The van der Waals surface area contributed by atoms with E-state index in [-0.39, 0.29) is 5.75 Å². The molecule has 6 nitrogen and oxygen atoms in total. The number of phenols is 1. The van der Waals surface area contributed by atoms with Gasteiger partial charge in [0.1, 0.15) is 5.75 Å². The average molecular weight is 375 g/mol. The first kappa shape index (κ1) is 19.0. The van der Waals surface area contributed by atoms with Crippen molar-refractivity contribution in [3.8, 4) is 5.75 Å². The summed E-state index contributed by atoms with van der Waals surface area (Å²) in [5.74, 6) is -1.19. The molecule has 0 spiro atoms. The van der Waals surface area contributed by atoms with E-state index in [1.807, 2.05) is 6.07 Å². The van der Waals surface area contributed by atoms with Gasteiger partial charge in [0.05, 0.1) is 0 Å². The van der Waals surface area contributed by atoms with Crippen LogP contribution in [0.2, 0.25) is 0 Å². The van der Waals surface area contributed by atoms with Crippen LogP contribution >= 0.6 is 0 Å². The first-order valence-electron chi connectivity index (χ1n) is 8.85. The van der Waals surface area contributed by atoms with E-state index in [0.29, 0.717) is 30.0 Å². The molecule has 0 aliphatic rings. The van der Waals surface area contributed by atoms with E-state index in [1.165, 1.54) is 4.90 Å². The zero-order valence-electron chi connectivity index (χ0n) is 15.2. The standard InChI is InChI=1S/C22H21N3O3/c23-17-8-10-19(11-9-17)25(18-4-2-1-3-5-18)22(28)21(27)24-15-14-16-6-12-20(26)13-7-16/h1-13,26H,14-15,23H2,(H,24,27). The molecule has 0 unspecified atom stereocenters. The van der Waals surface area contributed by atoms with E-state index in [2.05, 4.69) is 5.32 Å². The molecule has 0 saturated heterocycles. The summed E-state index contributed by atoms with van der Waals surface area (Å²) < 4.78 is 0. The van der Waals surface area contributed by atoms with Gasteiger partial charge >= 0.3 is 11.8 Å². The summed E-state index contributed by atoms with van der Waals surface area (Å²) in [5, 5.41) is 12.0. The van der Waals surface area contributed by atoms with E-state index in [9.17, 15) is 14.7 Å². The molecule has 0 heterocycles. The highest BCUT2D eigenvalue weighted by atomic mass is 16.3. The molecule has 3 rings (SSSR count). The molecule has 0 aliphatic heterocycles. The summed E-state index contributed by atoms with van der Waals surface area (Å²) in [6.45, 7) is 0.305. The summed E-state index contributed by atoms with van der Waals surface area (Å²) in [6.07, 6.45) is 0.548. The lowest BCUT2D eigenvalue weighted by atomic mass is 10.1. The summed E-state index contributed by atoms with van der Waals surface area (Å²) in [6, 6.07) is 22.4. The van der Waals surface area contributed by atoms with Crippen molar-refractivity contribution in [3.05, 3.63) is 84.4 Å². The number of aromatic hydroxyl groups is 1. The maximum atomic E-state index is 12.9. The zero-order valence-corrected chi connectivity index (χ0v) is 15.2. The molecule has 142 valence electrons. The molecule has 4 N–H and O–H groups in total. The predicted octanol–water partition coefficient (Wildman–Crippen LogP) is 3.00. The fourth-order valence-electron chi connectivity index (χ4n) is 2.74. The van der Waals surface area contributed by atoms with E-state index >= 15 is 0 Å². The van der Waals surface area contributed by atoms with Crippen molar-refractivity contribution in [3.63, 3.8) is 0 Å². The van der Waals surface area contributed by atoms with Gasteiger partial charge in [0.25, 0.3) is 0 Å². The van der Waals surface area contributed by atoms with E-state index in [0.717, 1.165) is 5.56 Å². The molecule has 0 aliphatic carbocycles. The van der Waals surface area contributed by atoms with E-state index < -0.39 is 11.8 Å². The van der Waals surface area contributed by atoms with Crippen LogP contribution in [0.15, 0.2) is 78.9 Å². The number of amides is 2. The van der Waals surface area contributed by atoms with Gasteiger partial charge in [0, 0.05) is 23.6 Å². The molecule has 0 aromatic heterocycles. The highest BCUT2D eigenvalue weighted by Crippen LogP contribution is 2.26. The lowest BCUT2D eigenvalue weighted by Gasteiger charge is -2.22. The van der Waals surface area contributed by atoms with Gasteiger partial charge in [-0.1, -0.05) is 30.3 Å². The molecular formula is C22H21N3O3. The van der Waals surface area contributed by atoms with Crippen LogP contribution in [0, 0.1) is 0 Å². The van der Waals surface area contributed by atoms with E-state index in [4.69, 9.17) is 5.73 Å². The third kappa shape index (κ3) is 4.67. The Hall–Kier alpha value is -3.80. The highest BCUT2D eigenvalue weighted by molar-refractivity contribution is 6.42. The number of para-hydroxylation sites is 1. The monoisotopic (exact) mass is 375 g/mol. The Bertz CT molecular complexity index is 939. The Labute approximate surface area is 163 Å². The van der Waals surface area contributed by atoms with Crippen molar-refractivity contribution in [1.82, 2.24) is 5.32 Å². The van der Waals surface area contributed by atoms with Crippen molar-refractivity contribution in [2.24, 2.45) is 0 Å². The summed E-state index contributed by atoms with van der Waals surface area (Å²) >= 11 is 0. The number of hydrogen-bond donors (Lipinski definition) is 3. The molecule has 0 bridgehead atoms. The molecule has 0 fully saturated rings. The van der Waals surface area contributed by atoms with Crippen molar-refractivity contribution < 1.29 is 14.7 Å². The number of hydrogen-bond acceptors (Lipinski definition) is 4. The maximum absolute atomic E-state index is 12.9. The molecule has 28 heavy (non-hydrogen) atoms. The summed E-state index contributed by atoms with van der Waals surface area (Å²) in [7, 11) is 0. The second-order valence-electron chi connectivity index (χ2n) is 6.24. The molecule has 0 radical (unpaired) electrons. The second-order valence-corrected chi connectivity index (χ2v) is 6.24. The topological polar surface area (TPSA) is 95.7 Å². The number of carbonyl (C=O) groups is 2. The minimum absolute atomic E-state index is 0.185. The second kappa shape index (κ2) is 8.73. The van der Waals surface area contributed by atoms with Crippen molar-refractivity contribution >= 4 is 28.9 Å². The third-order valence-corrected chi connectivity index (χ3v) is 4.20. The molecule has 3 aromatic carbocycles. The minimum atomic E-state index is -0.695. The van der Waals surface area contributed by atoms with Crippen LogP contribution in [0.4, 0.5) is 17.1 Å². The fourth-order valence-corrected chi connectivity index (χ4v) is 2.74. The van der Waals surface area contributed by atoms with Gasteiger partial charge < -0.3 is 16.2 Å². The normalized spacial score (nSPS) is 10.3. The van der Waals surface area contributed by atoms with Gasteiger partial charge in [0.2, 0.25) is 0 Å². The lowest BCUT2D eigenvalue weighted by Crippen LogP contribution is -2.41. The maximum Gasteiger partial charge on any atom is 0.320 e. The largest absolute Gasteiger partial charge is 0.508 e. The third-order valence-electron chi connectivity index (χ3n) is 4.20. The van der Waals surface area contributed by atoms with Crippen molar-refractivity contribution in [2.45, 2.75) is 6.42 Å². The SMILES string of the molecule is Nc1ccc(N(C(=O)C(=O)NCCc2ccc(O)cc2)c2ccccc2)cc1. The predicted molar refractivity (Wildman–Crippen MR) is 109 cm³/mol. The Morgan fingerprint density at radius 2 is 1.46 bits per heavy atom. The number of phenolic OH excluding ortho intramolecular Hbond substituents is 1. The van der Waals surface area contributed by atoms with Crippen molar-refractivity contribution in [2.75, 3.05) is 17.2 Å². The Morgan fingerprint density at radius 1 is 0.857 bits per heavy atom. The quantitative estimate of drug-likeness (QED) is 0.472. The lowest BCUT2D eigenvalue weighted by molar-refractivity contribution is -0.137. The first-order chi connectivity index (χ1) is 13.5. The van der Waals surface area contributed by atoms with Gasteiger partial charge in [-0.15, -0.1) is 0 Å². The molecule has 2 amide bonds. The molecule has 6 heteroatoms. The van der Waals surface area contributed by atoms with Crippen LogP contribution < -0.4 is 16.0 Å². The average Bonchev–Trinajstić information content (AvgIpc) is 2.72. The smallest absolute Gasteiger partial charge is 0.320 e. The van der Waals surface area contributed by atoms with Gasteiger partial charge in [-0.2, -0.15) is 0 Å². The highest BCUT2D eigenvalue weighted by Gasteiger charge is 2.24. The number of anilines is 3. The van der Waals surface area contributed by atoms with Crippen LogP contribution in [-0.2, 0) is 16.0 Å². The van der Waals surface area contributed by atoms with Crippen LogP contribution in [-0.4, -0.2) is 23.5 Å². The van der Waals surface area contributed by atoms with Crippen LogP contribution in [0.25, 0.3) is 0 Å². The zero-order chi connectivity index (χ0) is 19.9. The number of benzene rings is 3. The molecular weight excluding hydrogens is 354 g/mol. The Morgan fingerprint density at radius 3 is 2.11 bits per heavy atom. The fraction of sp³-hybridized carbons (Fsp3) is 0.0909.